The number of carbonyl (C=O) groups is 6. The molecule has 0 spiro atoms. The van der Waals surface area contributed by atoms with Gasteiger partial charge in [0, 0.05) is 25.7 Å². The number of rotatable bonds is 25. The van der Waals surface area contributed by atoms with Crippen molar-refractivity contribution in [3.8, 4) is 0 Å². The Bertz CT molecular complexity index is 972. The molecule has 0 aromatic heterocycles. The number of hydrogen-bond acceptors (Lipinski definition) is 9. The van der Waals surface area contributed by atoms with E-state index in [1.54, 1.807) is 41.5 Å². The lowest BCUT2D eigenvalue weighted by molar-refractivity contribution is -0.158. The minimum Gasteiger partial charge on any atom is -0.481 e. The molecular formula is C38H72N2O11. The summed E-state index contributed by atoms with van der Waals surface area (Å²) in [5.74, 6) is -4.09. The molecule has 51 heavy (non-hydrogen) atoms. The van der Waals surface area contributed by atoms with Crippen molar-refractivity contribution in [3.05, 3.63) is 0 Å². The van der Waals surface area contributed by atoms with Crippen LogP contribution in [0.25, 0.3) is 0 Å². The molecule has 300 valence electrons. The van der Waals surface area contributed by atoms with Crippen molar-refractivity contribution in [2.75, 3.05) is 0 Å². The average molecular weight is 733 g/mol. The monoisotopic (exact) mass is 733 g/mol. The van der Waals surface area contributed by atoms with Crippen molar-refractivity contribution in [1.29, 1.82) is 0 Å². The third-order valence-corrected chi connectivity index (χ3v) is 7.07. The number of carboxylic acids is 3. The predicted molar refractivity (Wildman–Crippen MR) is 198 cm³/mol. The third-order valence-electron chi connectivity index (χ3n) is 7.07. The van der Waals surface area contributed by atoms with Gasteiger partial charge in [-0.05, 0) is 67.2 Å². The molecule has 0 radical (unpaired) electrons. The van der Waals surface area contributed by atoms with E-state index in [9.17, 15) is 28.8 Å². The molecular weight excluding hydrogens is 660 g/mol. The summed E-state index contributed by atoms with van der Waals surface area (Å²) in [6, 6.07) is -1.91. The van der Waals surface area contributed by atoms with Crippen LogP contribution >= 0.6 is 0 Å². The number of carboxylic acid groups (broad SMARTS) is 3. The van der Waals surface area contributed by atoms with Crippen molar-refractivity contribution >= 4 is 35.8 Å². The molecule has 13 heteroatoms. The summed E-state index contributed by atoms with van der Waals surface area (Å²) < 4.78 is 10.2. The Morgan fingerprint density at radius 2 is 0.980 bits per heavy atom. The van der Waals surface area contributed by atoms with Crippen molar-refractivity contribution in [2.24, 2.45) is 5.73 Å². The fraction of sp³-hybridized carbons (Fsp3) is 0.842. The summed E-state index contributed by atoms with van der Waals surface area (Å²) in [6.07, 6.45) is 16.5. The molecule has 0 saturated heterocycles. The Balaban J connectivity index is -0.000000703. The highest BCUT2D eigenvalue weighted by Gasteiger charge is 2.24. The van der Waals surface area contributed by atoms with E-state index < -0.39 is 47.2 Å². The van der Waals surface area contributed by atoms with Crippen LogP contribution in [0.2, 0.25) is 0 Å². The van der Waals surface area contributed by atoms with Crippen LogP contribution in [0.3, 0.4) is 0 Å². The van der Waals surface area contributed by atoms with Gasteiger partial charge in [-0.15, -0.1) is 0 Å². The zero-order valence-electron chi connectivity index (χ0n) is 33.0. The minimum absolute atomic E-state index is 0.0899. The SMILES string of the molecule is CC(C)(C)OC(=O)CC[C@H](N)C(=O)OC(C)(C)C.CCCCCCCCCC(=O)N[C@@H](CCC(=O)O)C(=O)O.CCCCCCCCCC(=O)O. The summed E-state index contributed by atoms with van der Waals surface area (Å²) in [5.41, 5.74) is 4.56. The smallest absolute Gasteiger partial charge is 0.326 e. The maximum absolute atomic E-state index is 11.6. The fourth-order valence-electron chi connectivity index (χ4n) is 4.43. The van der Waals surface area contributed by atoms with Gasteiger partial charge in [-0.25, -0.2) is 4.79 Å². The van der Waals surface area contributed by atoms with Crippen LogP contribution in [0, 0.1) is 0 Å². The standard InChI is InChI=1S/C15H27NO5.C13H25NO4.C10H20O2/c1-2-3-4-5-6-7-8-9-13(17)16-12(15(20)21)10-11-14(18)19;1-12(2,3)17-10(15)8-7-9(14)11(16)18-13(4,5)6;1-2-3-4-5-6-7-8-9-10(11)12/h12H,2-11H2,1H3,(H,16,17)(H,18,19)(H,20,21);9H,7-8,14H2,1-6H3;2-9H2,1H3,(H,11,12)/t12-;9-;/m00./s1. The lowest BCUT2D eigenvalue weighted by Gasteiger charge is -2.22. The van der Waals surface area contributed by atoms with Gasteiger partial charge in [0.2, 0.25) is 5.91 Å². The maximum Gasteiger partial charge on any atom is 0.326 e. The van der Waals surface area contributed by atoms with Gasteiger partial charge in [-0.3, -0.25) is 24.0 Å². The van der Waals surface area contributed by atoms with Crippen LogP contribution in [0.5, 0.6) is 0 Å². The third kappa shape index (κ3) is 42.9. The molecule has 0 aliphatic rings. The number of esters is 2. The molecule has 1 amide bonds. The highest BCUT2D eigenvalue weighted by molar-refractivity contribution is 5.84. The average Bonchev–Trinajstić information content (AvgIpc) is 2.99. The van der Waals surface area contributed by atoms with Gasteiger partial charge in [0.15, 0.2) is 0 Å². The van der Waals surface area contributed by atoms with Crippen LogP contribution in [0.4, 0.5) is 0 Å². The molecule has 0 aromatic rings. The van der Waals surface area contributed by atoms with Crippen molar-refractivity contribution in [2.45, 2.75) is 207 Å². The largest absolute Gasteiger partial charge is 0.481 e. The summed E-state index contributed by atoms with van der Waals surface area (Å²) in [5, 5.41) is 28.2. The number of ether oxygens (including phenoxy) is 2. The van der Waals surface area contributed by atoms with E-state index in [4.69, 9.17) is 30.5 Å². The van der Waals surface area contributed by atoms with Crippen molar-refractivity contribution in [1.82, 2.24) is 5.32 Å². The van der Waals surface area contributed by atoms with Gasteiger partial charge in [0.1, 0.15) is 23.3 Å². The summed E-state index contributed by atoms with van der Waals surface area (Å²) >= 11 is 0. The second-order valence-corrected chi connectivity index (χ2v) is 14.8. The normalized spacial score (nSPS) is 12.2. The van der Waals surface area contributed by atoms with Crippen LogP contribution in [-0.2, 0) is 38.2 Å². The number of nitrogens with one attached hydrogen (secondary N) is 1. The topological polar surface area (TPSA) is 220 Å². The lowest BCUT2D eigenvalue weighted by Crippen LogP contribution is -2.41. The molecule has 6 N–H and O–H groups in total. The Morgan fingerprint density at radius 1 is 0.569 bits per heavy atom. The van der Waals surface area contributed by atoms with Gasteiger partial charge in [-0.1, -0.05) is 90.9 Å². The molecule has 0 saturated carbocycles. The minimum atomic E-state index is -1.19. The van der Waals surface area contributed by atoms with Crippen LogP contribution < -0.4 is 11.1 Å². The molecule has 0 aliphatic heterocycles. The van der Waals surface area contributed by atoms with E-state index >= 15 is 0 Å². The molecule has 0 rings (SSSR count). The molecule has 0 fully saturated rings. The Hall–Kier alpha value is -3.22. The van der Waals surface area contributed by atoms with E-state index in [2.05, 4.69) is 19.2 Å². The maximum atomic E-state index is 11.6. The Kier molecular flexibility index (Phi) is 32.2. The zero-order chi connectivity index (χ0) is 39.9. The number of unbranched alkanes of at least 4 members (excludes halogenated alkanes) is 12. The zero-order valence-corrected chi connectivity index (χ0v) is 33.0. The molecule has 0 bridgehead atoms. The quantitative estimate of drug-likeness (QED) is 0.0454. The van der Waals surface area contributed by atoms with E-state index in [1.807, 2.05) is 0 Å². The van der Waals surface area contributed by atoms with Gasteiger partial charge < -0.3 is 35.8 Å². The van der Waals surface area contributed by atoms with E-state index in [0.29, 0.717) is 12.8 Å². The van der Waals surface area contributed by atoms with Gasteiger partial charge >= 0.3 is 29.8 Å². The molecule has 13 nitrogen and oxygen atoms in total. The Morgan fingerprint density at radius 3 is 1.37 bits per heavy atom. The van der Waals surface area contributed by atoms with Crippen LogP contribution in [-0.4, -0.2) is 74.4 Å². The number of amides is 1. The Labute approximate surface area is 307 Å². The van der Waals surface area contributed by atoms with Gasteiger partial charge in [-0.2, -0.15) is 0 Å². The molecule has 2 atom stereocenters. The summed E-state index contributed by atoms with van der Waals surface area (Å²) in [6.45, 7) is 15.0. The number of aliphatic carboxylic acids is 3. The van der Waals surface area contributed by atoms with Crippen molar-refractivity contribution < 1.29 is 53.6 Å². The molecule has 0 aromatic carbocycles. The van der Waals surface area contributed by atoms with E-state index in [0.717, 1.165) is 32.1 Å². The van der Waals surface area contributed by atoms with E-state index in [-0.39, 0.29) is 37.6 Å². The summed E-state index contributed by atoms with van der Waals surface area (Å²) in [7, 11) is 0. The highest BCUT2D eigenvalue weighted by atomic mass is 16.6. The first-order chi connectivity index (χ1) is 23.6. The van der Waals surface area contributed by atoms with Crippen LogP contribution in [0.1, 0.15) is 184 Å². The number of carbonyl (C=O) groups excluding carboxylic acids is 3. The number of hydrogen-bond donors (Lipinski definition) is 5. The highest BCUT2D eigenvalue weighted by Crippen LogP contribution is 2.13. The second kappa shape index (κ2) is 31.5. The fourth-order valence-corrected chi connectivity index (χ4v) is 4.43. The molecule has 0 unspecified atom stereocenters. The predicted octanol–water partition coefficient (Wildman–Crippen LogP) is 7.55. The van der Waals surface area contributed by atoms with Gasteiger partial charge in [0.05, 0.1) is 0 Å². The molecule has 0 aliphatic carbocycles. The van der Waals surface area contributed by atoms with Crippen molar-refractivity contribution in [3.63, 3.8) is 0 Å². The first-order valence-corrected chi connectivity index (χ1v) is 18.8. The summed E-state index contributed by atoms with van der Waals surface area (Å²) in [4.78, 5) is 66.1. The first-order valence-electron chi connectivity index (χ1n) is 18.8. The van der Waals surface area contributed by atoms with E-state index in [1.165, 1.54) is 57.8 Å². The lowest BCUT2D eigenvalue weighted by atomic mass is 10.1. The molecule has 0 heterocycles. The number of nitrogens with two attached hydrogens (primary N) is 1. The van der Waals surface area contributed by atoms with Crippen LogP contribution in [0.15, 0.2) is 0 Å². The first kappa shape index (κ1) is 52.1. The van der Waals surface area contributed by atoms with Gasteiger partial charge in [0.25, 0.3) is 0 Å². The second-order valence-electron chi connectivity index (χ2n) is 14.8.